The molecule has 3 rings (SSSR count). The Labute approximate surface area is 146 Å². The Morgan fingerprint density at radius 2 is 2.04 bits per heavy atom. The van der Waals surface area contributed by atoms with Gasteiger partial charge in [0.05, 0.1) is 19.0 Å². The molecule has 0 bridgehead atoms. The van der Waals surface area contributed by atoms with Crippen molar-refractivity contribution >= 4 is 11.6 Å². The summed E-state index contributed by atoms with van der Waals surface area (Å²) >= 11 is 6.24. The topological polar surface area (TPSA) is 56.9 Å². The molecular formula is C17H20ClN5O. The minimum atomic E-state index is 0.665. The molecule has 0 unspecified atom stereocenters. The third-order valence-electron chi connectivity index (χ3n) is 3.87. The minimum Gasteiger partial charge on any atom is -0.494 e. The molecule has 2 heterocycles. The molecule has 0 aliphatic heterocycles. The van der Waals surface area contributed by atoms with Crippen molar-refractivity contribution in [1.82, 2.24) is 24.9 Å². The third-order valence-corrected chi connectivity index (χ3v) is 4.34. The van der Waals surface area contributed by atoms with Crippen LogP contribution in [-0.4, -0.2) is 26.7 Å². The number of nitrogens with zero attached hydrogens (tertiary/aromatic N) is 4. The molecule has 126 valence electrons. The maximum absolute atomic E-state index is 6.24. The number of benzene rings is 1. The fraction of sp³-hybridized carbons (Fsp3) is 0.294. The predicted molar refractivity (Wildman–Crippen MR) is 93.6 cm³/mol. The summed E-state index contributed by atoms with van der Waals surface area (Å²) in [6, 6.07) is 7.79. The molecular weight excluding hydrogens is 326 g/mol. The van der Waals surface area contributed by atoms with E-state index in [0.717, 1.165) is 28.3 Å². The average molecular weight is 346 g/mol. The summed E-state index contributed by atoms with van der Waals surface area (Å²) in [5, 5.41) is 12.8. The number of methoxy groups -OCH3 is 1. The van der Waals surface area contributed by atoms with Gasteiger partial charge >= 0.3 is 0 Å². The smallest absolute Gasteiger partial charge is 0.144 e. The summed E-state index contributed by atoms with van der Waals surface area (Å²) in [4.78, 5) is 0. The lowest BCUT2D eigenvalue weighted by atomic mass is 10.2. The highest BCUT2D eigenvalue weighted by molar-refractivity contribution is 6.30. The van der Waals surface area contributed by atoms with Gasteiger partial charge in [-0.15, -0.1) is 0 Å². The molecule has 7 heteroatoms. The van der Waals surface area contributed by atoms with Crippen LogP contribution in [0, 0.1) is 6.92 Å². The summed E-state index contributed by atoms with van der Waals surface area (Å²) in [6.45, 7) is 3.32. The van der Waals surface area contributed by atoms with Gasteiger partial charge in [-0.05, 0) is 19.1 Å². The van der Waals surface area contributed by atoms with E-state index in [2.05, 4.69) is 15.5 Å². The average Bonchev–Trinajstić information content (AvgIpc) is 3.15. The van der Waals surface area contributed by atoms with Crippen LogP contribution in [0.4, 0.5) is 0 Å². The van der Waals surface area contributed by atoms with E-state index in [1.165, 1.54) is 0 Å². The molecule has 3 aromatic rings. The van der Waals surface area contributed by atoms with Crippen molar-refractivity contribution < 1.29 is 4.74 Å². The van der Waals surface area contributed by atoms with Gasteiger partial charge in [0.15, 0.2) is 0 Å². The van der Waals surface area contributed by atoms with Crippen LogP contribution >= 0.6 is 11.6 Å². The van der Waals surface area contributed by atoms with Crippen molar-refractivity contribution in [3.63, 3.8) is 0 Å². The fourth-order valence-corrected chi connectivity index (χ4v) is 2.85. The van der Waals surface area contributed by atoms with Crippen LogP contribution in [-0.2, 0) is 20.1 Å². The molecule has 0 spiro atoms. The Morgan fingerprint density at radius 1 is 1.25 bits per heavy atom. The molecule has 2 aromatic heterocycles. The van der Waals surface area contributed by atoms with Gasteiger partial charge in [0.2, 0.25) is 0 Å². The number of ether oxygens (including phenoxy) is 1. The molecule has 6 nitrogen and oxygen atoms in total. The zero-order valence-corrected chi connectivity index (χ0v) is 14.7. The summed E-state index contributed by atoms with van der Waals surface area (Å²) in [5.74, 6) is 0.790. The molecule has 0 aliphatic carbocycles. The number of aryl methyl sites for hydroxylation is 2. The Morgan fingerprint density at radius 3 is 2.75 bits per heavy atom. The lowest BCUT2D eigenvalue weighted by molar-refractivity contribution is 0.411. The van der Waals surface area contributed by atoms with E-state index in [-0.39, 0.29) is 0 Å². The second kappa shape index (κ2) is 7.07. The van der Waals surface area contributed by atoms with Crippen molar-refractivity contribution in [2.24, 2.45) is 7.05 Å². The first-order valence-electron chi connectivity index (χ1n) is 7.65. The van der Waals surface area contributed by atoms with Crippen LogP contribution in [0.3, 0.4) is 0 Å². The van der Waals surface area contributed by atoms with E-state index < -0.39 is 0 Å². The Kier molecular flexibility index (Phi) is 4.87. The van der Waals surface area contributed by atoms with Crippen molar-refractivity contribution in [3.8, 4) is 11.4 Å². The molecule has 1 aromatic carbocycles. The number of rotatable bonds is 6. The summed E-state index contributed by atoms with van der Waals surface area (Å²) < 4.78 is 8.88. The molecule has 0 aliphatic rings. The maximum atomic E-state index is 6.24. The molecule has 24 heavy (non-hydrogen) atoms. The van der Waals surface area contributed by atoms with Crippen LogP contribution in [0.25, 0.3) is 5.69 Å². The normalized spacial score (nSPS) is 11.0. The monoisotopic (exact) mass is 345 g/mol. The summed E-state index contributed by atoms with van der Waals surface area (Å²) in [6.07, 6.45) is 3.83. The lowest BCUT2D eigenvalue weighted by Crippen LogP contribution is -2.13. The summed E-state index contributed by atoms with van der Waals surface area (Å²) in [5.41, 5.74) is 3.96. The first-order valence-corrected chi connectivity index (χ1v) is 8.03. The first kappa shape index (κ1) is 16.5. The van der Waals surface area contributed by atoms with Crippen LogP contribution in [0.2, 0.25) is 5.15 Å². The van der Waals surface area contributed by atoms with Crippen LogP contribution in [0.15, 0.2) is 36.7 Å². The number of hydrogen-bond acceptors (Lipinski definition) is 4. The zero-order valence-electron chi connectivity index (χ0n) is 14.0. The Hall–Kier alpha value is -2.31. The van der Waals surface area contributed by atoms with Crippen molar-refractivity contribution in [3.05, 3.63) is 58.6 Å². The van der Waals surface area contributed by atoms with E-state index in [4.69, 9.17) is 16.3 Å². The van der Waals surface area contributed by atoms with Gasteiger partial charge in [-0.25, -0.2) is 4.68 Å². The predicted octanol–water partition coefficient (Wildman–Crippen LogP) is 2.87. The molecule has 0 fully saturated rings. The molecule has 0 atom stereocenters. The van der Waals surface area contributed by atoms with E-state index in [1.807, 2.05) is 55.3 Å². The Balaban J connectivity index is 1.66. The van der Waals surface area contributed by atoms with Gasteiger partial charge in [-0.3, -0.25) is 4.68 Å². The van der Waals surface area contributed by atoms with Crippen molar-refractivity contribution in [2.75, 3.05) is 7.11 Å². The van der Waals surface area contributed by atoms with E-state index in [1.54, 1.807) is 11.8 Å². The summed E-state index contributed by atoms with van der Waals surface area (Å²) in [7, 11) is 3.50. The molecule has 1 N–H and O–H groups in total. The highest BCUT2D eigenvalue weighted by atomic mass is 35.5. The molecule has 0 saturated heterocycles. The van der Waals surface area contributed by atoms with E-state index in [9.17, 15) is 0 Å². The largest absolute Gasteiger partial charge is 0.494 e. The number of hydrogen-bond donors (Lipinski definition) is 1. The lowest BCUT2D eigenvalue weighted by Gasteiger charge is -2.07. The fourth-order valence-electron chi connectivity index (χ4n) is 2.61. The minimum absolute atomic E-state index is 0.665. The second-order valence-electron chi connectivity index (χ2n) is 5.55. The van der Waals surface area contributed by atoms with Gasteiger partial charge in [0.1, 0.15) is 16.6 Å². The number of aromatic nitrogens is 4. The highest BCUT2D eigenvalue weighted by Gasteiger charge is 2.11. The quantitative estimate of drug-likeness (QED) is 0.746. The van der Waals surface area contributed by atoms with Gasteiger partial charge in [0.25, 0.3) is 0 Å². The second-order valence-corrected chi connectivity index (χ2v) is 5.90. The third kappa shape index (κ3) is 3.29. The zero-order chi connectivity index (χ0) is 17.1. The van der Waals surface area contributed by atoms with E-state index >= 15 is 0 Å². The van der Waals surface area contributed by atoms with Gasteiger partial charge in [-0.1, -0.05) is 23.7 Å². The van der Waals surface area contributed by atoms with E-state index in [0.29, 0.717) is 18.2 Å². The SMILES string of the molecule is COc1ccccc1-n1cc(CNCc2c(C)nn(C)c2Cl)cn1. The number of para-hydroxylation sites is 2. The highest BCUT2D eigenvalue weighted by Crippen LogP contribution is 2.22. The van der Waals surface area contributed by atoms with Gasteiger partial charge < -0.3 is 10.1 Å². The van der Waals surface area contributed by atoms with Crippen LogP contribution in [0.5, 0.6) is 5.75 Å². The maximum Gasteiger partial charge on any atom is 0.144 e. The van der Waals surface area contributed by atoms with Crippen LogP contribution < -0.4 is 10.1 Å². The first-order chi connectivity index (χ1) is 11.6. The van der Waals surface area contributed by atoms with Gasteiger partial charge in [0, 0.05) is 37.5 Å². The number of nitrogens with one attached hydrogen (secondary N) is 1. The number of halogens is 1. The molecule has 0 radical (unpaired) electrons. The van der Waals surface area contributed by atoms with Crippen molar-refractivity contribution in [1.29, 1.82) is 0 Å². The van der Waals surface area contributed by atoms with Crippen molar-refractivity contribution in [2.45, 2.75) is 20.0 Å². The van der Waals surface area contributed by atoms with Gasteiger partial charge in [-0.2, -0.15) is 10.2 Å². The molecule has 0 saturated carbocycles. The Bertz CT molecular complexity index is 839. The standard InChI is InChI=1S/C17H20ClN5O/c1-12-14(17(18)22(2)21-12)10-19-8-13-9-20-23(11-13)15-6-4-5-7-16(15)24-3/h4-7,9,11,19H,8,10H2,1-3H3. The molecule has 0 amide bonds. The van der Waals surface area contributed by atoms with Crippen LogP contribution in [0.1, 0.15) is 16.8 Å².